The van der Waals surface area contributed by atoms with Crippen LogP contribution in [-0.4, -0.2) is 18.0 Å². The number of ether oxygens (including phenoxy) is 2. The molecule has 3 rings (SSSR count). The van der Waals surface area contributed by atoms with Gasteiger partial charge in [-0.15, -0.1) is 12.3 Å². The average molecular weight is 517 g/mol. The summed E-state index contributed by atoms with van der Waals surface area (Å²) in [5.74, 6) is 4.30. The molecule has 2 aromatic rings. The topological polar surface area (TPSA) is 52.6 Å². The van der Waals surface area contributed by atoms with Crippen molar-refractivity contribution < 1.29 is 19.1 Å². The third-order valence-electron chi connectivity index (χ3n) is 7.71. The van der Waals surface area contributed by atoms with E-state index in [4.69, 9.17) is 15.9 Å². The van der Waals surface area contributed by atoms with Crippen molar-refractivity contribution in [3.8, 4) is 29.2 Å². The summed E-state index contributed by atoms with van der Waals surface area (Å²) in [5.41, 5.74) is 2.57. The maximum Gasteiger partial charge on any atom is 0.338 e. The molecule has 4 heteroatoms. The lowest BCUT2D eigenvalue weighted by Gasteiger charge is -2.36. The Bertz CT molecular complexity index is 1050. The van der Waals surface area contributed by atoms with Crippen molar-refractivity contribution >= 4 is 11.9 Å². The van der Waals surface area contributed by atoms with Crippen LogP contribution in [0.2, 0.25) is 0 Å². The zero-order valence-electron chi connectivity index (χ0n) is 23.4. The first-order valence-corrected chi connectivity index (χ1v) is 14.4. The minimum atomic E-state index is -0.243. The molecule has 0 bridgehead atoms. The molecule has 2 aromatic carbocycles. The Morgan fingerprint density at radius 1 is 0.895 bits per heavy atom. The number of esters is 2. The Morgan fingerprint density at radius 3 is 2.13 bits per heavy atom. The molecule has 0 spiro atoms. The van der Waals surface area contributed by atoms with E-state index >= 15 is 0 Å². The number of hydrogen-bond acceptors (Lipinski definition) is 4. The van der Waals surface area contributed by atoms with E-state index in [0.717, 1.165) is 62.5 Å². The number of hydrogen-bond donors (Lipinski definition) is 0. The van der Waals surface area contributed by atoms with E-state index in [1.165, 1.54) is 12.8 Å². The van der Waals surface area contributed by atoms with Crippen LogP contribution < -0.4 is 4.74 Å². The lowest BCUT2D eigenvalue weighted by Crippen LogP contribution is -2.35. The third-order valence-corrected chi connectivity index (χ3v) is 7.71. The summed E-state index contributed by atoms with van der Waals surface area (Å²) in [6.45, 7) is 6.68. The van der Waals surface area contributed by atoms with Crippen LogP contribution in [0.3, 0.4) is 0 Å². The summed E-state index contributed by atoms with van der Waals surface area (Å²) in [6, 6.07) is 15.0. The highest BCUT2D eigenvalue weighted by atomic mass is 16.5. The Morgan fingerprint density at radius 2 is 1.50 bits per heavy atom. The third kappa shape index (κ3) is 9.35. The number of carbonyl (C=O) groups excluding carboxylic acids is 2. The predicted molar refractivity (Wildman–Crippen MR) is 154 cm³/mol. The monoisotopic (exact) mass is 516 g/mol. The smallest absolute Gasteiger partial charge is 0.338 e. The van der Waals surface area contributed by atoms with E-state index in [1.807, 2.05) is 48.5 Å². The number of rotatable bonds is 13. The van der Waals surface area contributed by atoms with Crippen LogP contribution in [0.5, 0.6) is 5.75 Å². The molecule has 1 saturated carbocycles. The largest absolute Gasteiger partial charge is 0.458 e. The summed E-state index contributed by atoms with van der Waals surface area (Å²) in [6.07, 6.45) is 16.2. The summed E-state index contributed by atoms with van der Waals surface area (Å²) in [4.78, 5) is 25.0. The van der Waals surface area contributed by atoms with Gasteiger partial charge in [-0.05, 0) is 78.8 Å². The van der Waals surface area contributed by atoms with Gasteiger partial charge in [0.2, 0.25) is 0 Å². The van der Waals surface area contributed by atoms with E-state index < -0.39 is 0 Å². The fourth-order valence-electron chi connectivity index (χ4n) is 5.36. The summed E-state index contributed by atoms with van der Waals surface area (Å²) >= 11 is 0. The molecule has 0 radical (unpaired) electrons. The average Bonchev–Trinajstić information content (AvgIpc) is 2.90. The first-order valence-electron chi connectivity index (χ1n) is 14.4. The van der Waals surface area contributed by atoms with Crippen LogP contribution in [0.25, 0.3) is 11.1 Å². The van der Waals surface area contributed by atoms with E-state index in [0.29, 0.717) is 35.5 Å². The highest BCUT2D eigenvalue weighted by molar-refractivity contribution is 5.90. The Balaban J connectivity index is 1.45. The predicted octanol–water partition coefficient (Wildman–Crippen LogP) is 8.63. The van der Waals surface area contributed by atoms with Crippen molar-refractivity contribution in [2.24, 2.45) is 17.8 Å². The molecule has 0 aliphatic heterocycles. The quantitative estimate of drug-likeness (QED) is 0.116. The van der Waals surface area contributed by atoms with Crippen molar-refractivity contribution in [3.63, 3.8) is 0 Å². The molecule has 4 nitrogen and oxygen atoms in total. The Labute approximate surface area is 229 Å². The summed E-state index contributed by atoms with van der Waals surface area (Å²) < 4.78 is 11.5. The number of terminal acetylenes is 1. The minimum absolute atomic E-state index is 0.00887. The molecule has 1 fully saturated rings. The van der Waals surface area contributed by atoms with Gasteiger partial charge in [-0.3, -0.25) is 4.79 Å². The number of unbranched alkanes of at least 4 members (excludes halogenated alkanes) is 6. The minimum Gasteiger partial charge on any atom is -0.458 e. The maximum absolute atomic E-state index is 12.9. The van der Waals surface area contributed by atoms with Gasteiger partial charge >= 0.3 is 11.9 Å². The van der Waals surface area contributed by atoms with Crippen molar-refractivity contribution in [2.75, 3.05) is 0 Å². The highest BCUT2D eigenvalue weighted by Gasteiger charge is 2.33. The van der Waals surface area contributed by atoms with Gasteiger partial charge < -0.3 is 9.47 Å². The lowest BCUT2D eigenvalue weighted by molar-refractivity contribution is -0.134. The molecule has 3 atom stereocenters. The summed E-state index contributed by atoms with van der Waals surface area (Å²) in [7, 11) is 0. The van der Waals surface area contributed by atoms with Gasteiger partial charge in [0.25, 0.3) is 0 Å². The van der Waals surface area contributed by atoms with Gasteiger partial charge in [0, 0.05) is 12.8 Å². The van der Waals surface area contributed by atoms with Gasteiger partial charge in [0.15, 0.2) is 0 Å². The standard InChI is InChI=1S/C34H44O4/c1-5-6-7-8-9-10-11-12-13-33(35)37-30-21-19-28(20-22-30)27-15-17-29(18-16-27)34(36)38-32-24-26(4)14-23-31(32)25(2)3/h1,15-22,25-26,31-32H,6-14,23-24H2,2-4H3/t26-,31+,32-/m0/s1. The summed E-state index contributed by atoms with van der Waals surface area (Å²) in [5, 5.41) is 0. The fraction of sp³-hybridized carbons (Fsp3) is 0.529. The molecule has 0 amide bonds. The molecular weight excluding hydrogens is 472 g/mol. The Hall–Kier alpha value is -3.06. The molecule has 38 heavy (non-hydrogen) atoms. The van der Waals surface area contributed by atoms with Crippen LogP contribution in [0.1, 0.15) is 102 Å². The van der Waals surface area contributed by atoms with Gasteiger partial charge in [-0.25, -0.2) is 4.79 Å². The molecule has 0 N–H and O–H groups in total. The van der Waals surface area contributed by atoms with Crippen LogP contribution in [0.15, 0.2) is 48.5 Å². The van der Waals surface area contributed by atoms with Crippen LogP contribution in [-0.2, 0) is 9.53 Å². The fourth-order valence-corrected chi connectivity index (χ4v) is 5.36. The maximum atomic E-state index is 12.9. The van der Waals surface area contributed by atoms with Crippen LogP contribution in [0.4, 0.5) is 0 Å². The van der Waals surface area contributed by atoms with E-state index in [2.05, 4.69) is 26.7 Å². The molecular formula is C34H44O4. The normalized spacial score (nSPS) is 19.1. The molecule has 0 unspecified atom stereocenters. The SMILES string of the molecule is C#CCCCCCCCCC(=O)Oc1ccc(-c2ccc(C(=O)O[C@H]3C[C@@H](C)CC[C@@H]3C(C)C)cc2)cc1. The lowest BCUT2D eigenvalue weighted by atomic mass is 9.75. The van der Waals surface area contributed by atoms with E-state index in [9.17, 15) is 9.59 Å². The molecule has 0 saturated heterocycles. The zero-order chi connectivity index (χ0) is 27.3. The highest BCUT2D eigenvalue weighted by Crippen LogP contribution is 2.36. The van der Waals surface area contributed by atoms with Crippen LogP contribution >= 0.6 is 0 Å². The van der Waals surface area contributed by atoms with Gasteiger partial charge in [0.05, 0.1) is 5.56 Å². The first-order chi connectivity index (χ1) is 18.4. The van der Waals surface area contributed by atoms with E-state index in [-0.39, 0.29) is 18.0 Å². The van der Waals surface area contributed by atoms with Gasteiger partial charge in [0.1, 0.15) is 11.9 Å². The van der Waals surface area contributed by atoms with Crippen molar-refractivity contribution in [2.45, 2.75) is 97.5 Å². The number of carbonyl (C=O) groups is 2. The van der Waals surface area contributed by atoms with Crippen LogP contribution in [0, 0.1) is 30.1 Å². The molecule has 1 aliphatic carbocycles. The van der Waals surface area contributed by atoms with Gasteiger partial charge in [-0.1, -0.05) is 77.1 Å². The molecule has 0 heterocycles. The second-order valence-electron chi connectivity index (χ2n) is 11.2. The second kappa shape index (κ2) is 15.4. The number of benzene rings is 2. The zero-order valence-corrected chi connectivity index (χ0v) is 23.4. The van der Waals surface area contributed by atoms with Crippen molar-refractivity contribution in [3.05, 3.63) is 54.1 Å². The first kappa shape index (κ1) is 29.5. The van der Waals surface area contributed by atoms with E-state index in [1.54, 1.807) is 0 Å². The second-order valence-corrected chi connectivity index (χ2v) is 11.2. The molecule has 1 aliphatic rings. The molecule has 204 valence electrons. The van der Waals surface area contributed by atoms with Crippen molar-refractivity contribution in [1.29, 1.82) is 0 Å². The van der Waals surface area contributed by atoms with Gasteiger partial charge in [-0.2, -0.15) is 0 Å². The molecule has 0 aromatic heterocycles. The van der Waals surface area contributed by atoms with Crippen molar-refractivity contribution in [1.82, 2.24) is 0 Å². The Kier molecular flexibility index (Phi) is 11.9.